The second-order valence-electron chi connectivity index (χ2n) is 20.0. The number of hydrogen-bond acceptors (Lipinski definition) is 1. The fourth-order valence-corrected chi connectivity index (χ4v) is 12.6. The maximum Gasteiger partial charge on any atom is 0.0714 e. The number of para-hydroxylation sites is 2. The molecule has 2 aliphatic rings. The summed E-state index contributed by atoms with van der Waals surface area (Å²) in [6, 6.07) is 98.9. The fourth-order valence-electron chi connectivity index (χ4n) is 12.6. The largest absolute Gasteiger partial charge is 0.310 e. The van der Waals surface area contributed by atoms with Gasteiger partial charge in [-0.1, -0.05) is 214 Å². The first-order valence-electron chi connectivity index (χ1n) is 25.2. The zero-order valence-corrected chi connectivity index (χ0v) is 40.3. The summed E-state index contributed by atoms with van der Waals surface area (Å²) in [6.45, 7) is 4.68. The first-order chi connectivity index (χ1) is 35.5. The molecule has 2 aliphatic carbocycles. The third-order valence-electron chi connectivity index (χ3n) is 15.9. The van der Waals surface area contributed by atoms with Gasteiger partial charge in [0, 0.05) is 38.9 Å². The molecule has 0 saturated heterocycles. The molecule has 0 unspecified atom stereocenters. The Kier molecular flexibility index (Phi) is 9.50. The third-order valence-corrected chi connectivity index (χ3v) is 15.9. The lowest BCUT2D eigenvalue weighted by molar-refractivity contribution is 0.660. The van der Waals surface area contributed by atoms with Crippen LogP contribution >= 0.6 is 0 Å². The van der Waals surface area contributed by atoms with Gasteiger partial charge in [-0.3, -0.25) is 0 Å². The van der Waals surface area contributed by atoms with Gasteiger partial charge in [0.15, 0.2) is 0 Å². The molecule has 0 atom stereocenters. The molecule has 0 saturated carbocycles. The summed E-state index contributed by atoms with van der Waals surface area (Å²) in [4.78, 5) is 2.38. The van der Waals surface area contributed by atoms with E-state index < -0.39 is 5.41 Å². The summed E-state index contributed by atoms with van der Waals surface area (Å²) in [7, 11) is 0. The van der Waals surface area contributed by atoms with E-state index in [4.69, 9.17) is 0 Å². The van der Waals surface area contributed by atoms with Gasteiger partial charge in [0.2, 0.25) is 0 Å². The number of anilines is 3. The molecule has 340 valence electrons. The van der Waals surface area contributed by atoms with Crippen LogP contribution in [0.3, 0.4) is 0 Å². The molecular formula is C70H50N2. The monoisotopic (exact) mass is 918 g/mol. The number of fused-ring (bicyclic) bond motifs is 9. The van der Waals surface area contributed by atoms with Gasteiger partial charge >= 0.3 is 0 Å². The van der Waals surface area contributed by atoms with Gasteiger partial charge in [-0.15, -0.1) is 0 Å². The van der Waals surface area contributed by atoms with Crippen molar-refractivity contribution in [2.45, 2.75) is 24.7 Å². The van der Waals surface area contributed by atoms with Gasteiger partial charge in [0.05, 0.1) is 16.4 Å². The summed E-state index contributed by atoms with van der Waals surface area (Å²) in [5, 5.41) is 2.48. The van der Waals surface area contributed by atoms with E-state index in [2.05, 4.69) is 290 Å². The Hall–Kier alpha value is -8.98. The molecule has 14 rings (SSSR count). The maximum atomic E-state index is 2.49. The van der Waals surface area contributed by atoms with Crippen molar-refractivity contribution in [2.75, 3.05) is 4.90 Å². The highest BCUT2D eigenvalue weighted by molar-refractivity contribution is 6.10. The van der Waals surface area contributed by atoms with Crippen LogP contribution in [0.2, 0.25) is 0 Å². The summed E-state index contributed by atoms with van der Waals surface area (Å²) in [6.07, 6.45) is 0. The first kappa shape index (κ1) is 41.9. The number of nitrogens with zero attached hydrogens (tertiary/aromatic N) is 2. The molecule has 72 heavy (non-hydrogen) atoms. The Morgan fingerprint density at radius 2 is 0.833 bits per heavy atom. The van der Waals surface area contributed by atoms with E-state index in [9.17, 15) is 0 Å². The van der Waals surface area contributed by atoms with Crippen LogP contribution in [0.4, 0.5) is 17.1 Å². The van der Waals surface area contributed by atoms with Gasteiger partial charge < -0.3 is 9.47 Å². The molecule has 11 aromatic carbocycles. The van der Waals surface area contributed by atoms with E-state index >= 15 is 0 Å². The van der Waals surface area contributed by atoms with Crippen LogP contribution in [0, 0.1) is 0 Å². The van der Waals surface area contributed by atoms with Crippen LogP contribution in [-0.2, 0) is 10.8 Å². The predicted molar refractivity (Wildman–Crippen MR) is 301 cm³/mol. The minimum Gasteiger partial charge on any atom is -0.310 e. The fraction of sp³-hybridized carbons (Fsp3) is 0.0571. The van der Waals surface area contributed by atoms with Crippen molar-refractivity contribution in [2.24, 2.45) is 0 Å². The number of hydrogen-bond donors (Lipinski definition) is 0. The average Bonchev–Trinajstić information content (AvgIpc) is 4.02. The third kappa shape index (κ3) is 6.28. The normalized spacial score (nSPS) is 13.6. The van der Waals surface area contributed by atoms with Crippen LogP contribution in [-0.4, -0.2) is 4.57 Å². The van der Waals surface area contributed by atoms with E-state index in [-0.39, 0.29) is 5.41 Å². The topological polar surface area (TPSA) is 8.17 Å². The smallest absolute Gasteiger partial charge is 0.0714 e. The Bertz CT molecular complexity index is 4010. The summed E-state index contributed by atoms with van der Waals surface area (Å²) in [5.74, 6) is 0. The zero-order chi connectivity index (χ0) is 48.0. The zero-order valence-electron chi connectivity index (χ0n) is 40.3. The first-order valence-corrected chi connectivity index (χ1v) is 25.2. The van der Waals surface area contributed by atoms with E-state index in [1.165, 1.54) is 99.7 Å². The highest BCUT2D eigenvalue weighted by Crippen LogP contribution is 2.57. The van der Waals surface area contributed by atoms with Crippen LogP contribution in [0.5, 0.6) is 0 Å². The second-order valence-corrected chi connectivity index (χ2v) is 20.0. The van der Waals surface area contributed by atoms with Crippen molar-refractivity contribution < 1.29 is 0 Å². The quantitative estimate of drug-likeness (QED) is 0.147. The van der Waals surface area contributed by atoms with Crippen LogP contribution < -0.4 is 4.90 Å². The standard InChI is InChI=1S/C70H50N2/c1-69(2)63-30-15-12-28-58(63)62-45-55(39-42-64(62)69)71(53-25-10-5-11-26-53)54-36-33-47(34-37-54)48-19-18-20-49(43-48)50-35-40-61-60-29-14-17-32-67(60)72(68(61)44-50)56-38-41-59-57-27-13-16-31-65(57)70(66(59)46-56,51-21-6-3-7-22-51)52-23-8-4-9-24-52/h3-46H,1-2H3. The van der Waals surface area contributed by atoms with Crippen molar-refractivity contribution in [1.29, 1.82) is 0 Å². The molecule has 0 fully saturated rings. The van der Waals surface area contributed by atoms with Gasteiger partial charge in [0.25, 0.3) is 0 Å². The lowest BCUT2D eigenvalue weighted by Crippen LogP contribution is -2.28. The van der Waals surface area contributed by atoms with Crippen molar-refractivity contribution in [3.63, 3.8) is 0 Å². The van der Waals surface area contributed by atoms with Crippen molar-refractivity contribution in [1.82, 2.24) is 4.57 Å². The summed E-state index contributed by atoms with van der Waals surface area (Å²) >= 11 is 0. The SMILES string of the molecule is CC1(C)c2ccccc2-c2cc(N(c3ccccc3)c3ccc(-c4cccc(-c5ccc6c7ccccc7n(-c7ccc8c(c7)C(c7ccccc7)(c7ccccc7)c7ccccc7-8)c6c5)c4)cc3)ccc21. The molecule has 0 radical (unpaired) electrons. The van der Waals surface area contributed by atoms with Gasteiger partial charge in [-0.2, -0.15) is 0 Å². The summed E-state index contributed by atoms with van der Waals surface area (Å²) < 4.78 is 2.49. The molecule has 2 heteroatoms. The Balaban J connectivity index is 0.860. The van der Waals surface area contributed by atoms with Crippen LogP contribution in [0.25, 0.3) is 72.0 Å². The number of benzene rings is 11. The van der Waals surface area contributed by atoms with Crippen LogP contribution in [0.1, 0.15) is 47.2 Å². The average molecular weight is 919 g/mol. The number of rotatable bonds is 8. The molecule has 1 heterocycles. The minimum absolute atomic E-state index is 0.0441. The van der Waals surface area contributed by atoms with E-state index in [1.807, 2.05) is 0 Å². The molecule has 12 aromatic rings. The van der Waals surface area contributed by atoms with Crippen molar-refractivity contribution in [3.8, 4) is 50.2 Å². The molecule has 0 amide bonds. The highest BCUT2D eigenvalue weighted by Gasteiger charge is 2.46. The van der Waals surface area contributed by atoms with Crippen LogP contribution in [0.15, 0.2) is 267 Å². The van der Waals surface area contributed by atoms with Gasteiger partial charge in [-0.05, 0) is 145 Å². The molecule has 0 N–H and O–H groups in total. The second kappa shape index (κ2) is 16.3. The van der Waals surface area contributed by atoms with Crippen molar-refractivity contribution >= 4 is 38.9 Å². The Morgan fingerprint density at radius 1 is 0.306 bits per heavy atom. The molecular weight excluding hydrogens is 869 g/mol. The molecule has 0 aliphatic heterocycles. The lowest BCUT2D eigenvalue weighted by Gasteiger charge is -2.34. The number of aromatic nitrogens is 1. The minimum atomic E-state index is -0.487. The molecule has 2 nitrogen and oxygen atoms in total. The highest BCUT2D eigenvalue weighted by atomic mass is 15.1. The van der Waals surface area contributed by atoms with E-state index in [0.29, 0.717) is 0 Å². The Morgan fingerprint density at radius 3 is 1.57 bits per heavy atom. The predicted octanol–water partition coefficient (Wildman–Crippen LogP) is 18.3. The lowest BCUT2D eigenvalue weighted by atomic mass is 9.67. The molecule has 0 spiro atoms. The summed E-state index contributed by atoms with van der Waals surface area (Å²) in [5.41, 5.74) is 24.2. The van der Waals surface area contributed by atoms with E-state index in [1.54, 1.807) is 0 Å². The van der Waals surface area contributed by atoms with Crippen molar-refractivity contribution in [3.05, 3.63) is 300 Å². The maximum absolute atomic E-state index is 2.49. The Labute approximate surface area is 421 Å². The van der Waals surface area contributed by atoms with Gasteiger partial charge in [0.1, 0.15) is 0 Å². The molecule has 1 aromatic heterocycles. The van der Waals surface area contributed by atoms with Gasteiger partial charge in [-0.25, -0.2) is 0 Å². The van der Waals surface area contributed by atoms with E-state index in [0.717, 1.165) is 22.7 Å². The molecule has 0 bridgehead atoms.